The fourth-order valence-electron chi connectivity index (χ4n) is 2.74. The molecular weight excluding hydrogens is 330 g/mol. The Morgan fingerprint density at radius 2 is 2.00 bits per heavy atom. The number of pyridine rings is 1. The van der Waals surface area contributed by atoms with E-state index in [9.17, 15) is 9.59 Å². The summed E-state index contributed by atoms with van der Waals surface area (Å²) in [6.07, 6.45) is 6.02. The van der Waals surface area contributed by atoms with Gasteiger partial charge in [-0.15, -0.1) is 0 Å². The van der Waals surface area contributed by atoms with Gasteiger partial charge in [-0.1, -0.05) is 11.6 Å². The van der Waals surface area contributed by atoms with Crippen molar-refractivity contribution in [3.05, 3.63) is 41.3 Å². The standard InChI is InChI=1S/C16H18ClN5O2/c1-21-10-12(8-19-21)16(24)22-6-4-11(5-7-22)15(23)20-14-3-2-13(17)9-18-14/h2-3,8-11H,4-7H2,1H3,(H,18,20,23). The van der Waals surface area contributed by atoms with Gasteiger partial charge in [0.05, 0.1) is 16.8 Å². The smallest absolute Gasteiger partial charge is 0.257 e. The lowest BCUT2D eigenvalue weighted by molar-refractivity contribution is -0.121. The van der Waals surface area contributed by atoms with Crippen LogP contribution in [0.3, 0.4) is 0 Å². The molecule has 24 heavy (non-hydrogen) atoms. The summed E-state index contributed by atoms with van der Waals surface area (Å²) in [5.41, 5.74) is 0.575. The Hall–Kier alpha value is -2.41. The fraction of sp³-hybridized carbons (Fsp3) is 0.375. The first-order valence-electron chi connectivity index (χ1n) is 7.73. The molecule has 126 valence electrons. The van der Waals surface area contributed by atoms with Crippen LogP contribution in [0, 0.1) is 5.92 Å². The van der Waals surface area contributed by atoms with Gasteiger partial charge in [-0.05, 0) is 25.0 Å². The largest absolute Gasteiger partial charge is 0.339 e. The van der Waals surface area contributed by atoms with Crippen LogP contribution in [0.2, 0.25) is 5.02 Å². The summed E-state index contributed by atoms with van der Waals surface area (Å²) in [5, 5.41) is 7.33. The van der Waals surface area contributed by atoms with Crippen LogP contribution in [0.25, 0.3) is 0 Å². The molecule has 0 unspecified atom stereocenters. The van der Waals surface area contributed by atoms with Crippen LogP contribution in [-0.4, -0.2) is 44.6 Å². The number of carbonyl (C=O) groups excluding carboxylic acids is 2. The molecule has 0 saturated carbocycles. The predicted octanol–water partition coefficient (Wildman–Crippen LogP) is 1.96. The summed E-state index contributed by atoms with van der Waals surface area (Å²) in [6, 6.07) is 3.35. The SMILES string of the molecule is Cn1cc(C(=O)N2CCC(C(=O)Nc3ccc(Cl)cn3)CC2)cn1. The molecule has 1 N–H and O–H groups in total. The summed E-state index contributed by atoms with van der Waals surface area (Å²) in [5.74, 6) is 0.248. The van der Waals surface area contributed by atoms with Crippen molar-refractivity contribution in [2.75, 3.05) is 18.4 Å². The van der Waals surface area contributed by atoms with E-state index in [4.69, 9.17) is 11.6 Å². The molecule has 0 bridgehead atoms. The minimum absolute atomic E-state index is 0.0404. The van der Waals surface area contributed by atoms with Crippen molar-refractivity contribution in [1.82, 2.24) is 19.7 Å². The first-order chi connectivity index (χ1) is 11.5. The van der Waals surface area contributed by atoms with Crippen LogP contribution in [0.5, 0.6) is 0 Å². The van der Waals surface area contributed by atoms with Gasteiger partial charge in [-0.3, -0.25) is 14.3 Å². The summed E-state index contributed by atoms with van der Waals surface area (Å²) in [7, 11) is 1.78. The molecule has 3 rings (SSSR count). The molecule has 0 spiro atoms. The monoisotopic (exact) mass is 347 g/mol. The second-order valence-corrected chi connectivity index (χ2v) is 6.26. The number of amides is 2. The molecular formula is C16H18ClN5O2. The van der Waals surface area contributed by atoms with Crippen molar-refractivity contribution < 1.29 is 9.59 Å². The summed E-state index contributed by atoms with van der Waals surface area (Å²) in [6.45, 7) is 1.11. The highest BCUT2D eigenvalue weighted by atomic mass is 35.5. The number of halogens is 1. The van der Waals surface area contributed by atoms with E-state index in [0.717, 1.165) is 0 Å². The van der Waals surface area contributed by atoms with Crippen LogP contribution in [0.1, 0.15) is 23.2 Å². The predicted molar refractivity (Wildman–Crippen MR) is 89.7 cm³/mol. The van der Waals surface area contributed by atoms with E-state index in [2.05, 4.69) is 15.4 Å². The van der Waals surface area contributed by atoms with E-state index in [1.807, 2.05) is 0 Å². The van der Waals surface area contributed by atoms with Crippen molar-refractivity contribution in [2.24, 2.45) is 13.0 Å². The van der Waals surface area contributed by atoms with Gasteiger partial charge in [0.25, 0.3) is 5.91 Å². The Bertz CT molecular complexity index is 735. The van der Waals surface area contributed by atoms with Crippen molar-refractivity contribution in [3.8, 4) is 0 Å². The Morgan fingerprint density at radius 1 is 1.25 bits per heavy atom. The van der Waals surface area contributed by atoms with Crippen LogP contribution >= 0.6 is 11.6 Å². The summed E-state index contributed by atoms with van der Waals surface area (Å²) in [4.78, 5) is 30.5. The van der Waals surface area contributed by atoms with Gasteiger partial charge in [0.2, 0.25) is 5.91 Å². The molecule has 2 aromatic rings. The number of aryl methyl sites for hydroxylation is 1. The zero-order valence-electron chi connectivity index (χ0n) is 13.3. The third kappa shape index (κ3) is 3.73. The number of aromatic nitrogens is 3. The quantitative estimate of drug-likeness (QED) is 0.920. The van der Waals surface area contributed by atoms with Gasteiger partial charge >= 0.3 is 0 Å². The Balaban J connectivity index is 1.53. The Labute approximate surface area is 144 Å². The number of hydrogen-bond acceptors (Lipinski definition) is 4. The highest BCUT2D eigenvalue weighted by Crippen LogP contribution is 2.21. The number of piperidine rings is 1. The average molecular weight is 348 g/mol. The second-order valence-electron chi connectivity index (χ2n) is 5.82. The zero-order valence-corrected chi connectivity index (χ0v) is 14.0. The maximum absolute atomic E-state index is 12.4. The Kier molecular flexibility index (Phi) is 4.80. The molecule has 7 nitrogen and oxygen atoms in total. The molecule has 0 radical (unpaired) electrons. The van der Waals surface area contributed by atoms with E-state index in [0.29, 0.717) is 42.3 Å². The minimum Gasteiger partial charge on any atom is -0.339 e. The van der Waals surface area contributed by atoms with E-state index in [1.165, 1.54) is 6.20 Å². The molecule has 3 heterocycles. The van der Waals surface area contributed by atoms with E-state index < -0.39 is 0 Å². The van der Waals surface area contributed by atoms with Crippen molar-refractivity contribution >= 4 is 29.2 Å². The van der Waals surface area contributed by atoms with Crippen LogP contribution in [-0.2, 0) is 11.8 Å². The summed E-state index contributed by atoms with van der Waals surface area (Å²) >= 11 is 5.78. The van der Waals surface area contributed by atoms with Crippen LogP contribution < -0.4 is 5.32 Å². The van der Waals surface area contributed by atoms with Gasteiger partial charge in [0.1, 0.15) is 5.82 Å². The highest BCUT2D eigenvalue weighted by molar-refractivity contribution is 6.30. The maximum Gasteiger partial charge on any atom is 0.257 e. The third-order valence-corrected chi connectivity index (χ3v) is 4.31. The van der Waals surface area contributed by atoms with Crippen LogP contribution in [0.4, 0.5) is 5.82 Å². The minimum atomic E-state index is -0.125. The van der Waals surface area contributed by atoms with Gasteiger partial charge < -0.3 is 10.2 Å². The highest BCUT2D eigenvalue weighted by Gasteiger charge is 2.28. The molecule has 0 atom stereocenters. The number of anilines is 1. The van der Waals surface area contributed by atoms with E-state index in [1.54, 1.807) is 41.2 Å². The molecule has 1 saturated heterocycles. The third-order valence-electron chi connectivity index (χ3n) is 4.08. The molecule has 1 aliphatic rings. The molecule has 1 aliphatic heterocycles. The number of rotatable bonds is 3. The first kappa shape index (κ1) is 16.4. The van der Waals surface area contributed by atoms with Gasteiger partial charge in [0.15, 0.2) is 0 Å². The molecule has 0 aliphatic carbocycles. The normalized spacial score (nSPS) is 15.3. The molecule has 8 heteroatoms. The maximum atomic E-state index is 12.4. The number of likely N-dealkylation sites (tertiary alicyclic amines) is 1. The number of carbonyl (C=O) groups is 2. The van der Waals surface area contributed by atoms with Crippen molar-refractivity contribution in [2.45, 2.75) is 12.8 Å². The van der Waals surface area contributed by atoms with Crippen molar-refractivity contribution in [1.29, 1.82) is 0 Å². The van der Waals surface area contributed by atoms with Gasteiger partial charge in [-0.25, -0.2) is 4.98 Å². The number of nitrogens with zero attached hydrogens (tertiary/aromatic N) is 4. The topological polar surface area (TPSA) is 80.1 Å². The molecule has 2 amide bonds. The lowest BCUT2D eigenvalue weighted by Gasteiger charge is -2.31. The van der Waals surface area contributed by atoms with E-state index in [-0.39, 0.29) is 17.7 Å². The average Bonchev–Trinajstić information content (AvgIpc) is 3.03. The molecule has 2 aromatic heterocycles. The van der Waals surface area contributed by atoms with Gasteiger partial charge in [-0.2, -0.15) is 5.10 Å². The number of nitrogens with one attached hydrogen (secondary N) is 1. The van der Waals surface area contributed by atoms with Crippen LogP contribution in [0.15, 0.2) is 30.7 Å². The zero-order chi connectivity index (χ0) is 17.1. The fourth-order valence-corrected chi connectivity index (χ4v) is 2.85. The second kappa shape index (κ2) is 7.00. The lowest BCUT2D eigenvalue weighted by Crippen LogP contribution is -2.41. The van der Waals surface area contributed by atoms with Crippen molar-refractivity contribution in [3.63, 3.8) is 0 Å². The number of hydrogen-bond donors (Lipinski definition) is 1. The Morgan fingerprint density at radius 3 is 2.58 bits per heavy atom. The first-order valence-corrected chi connectivity index (χ1v) is 8.11. The van der Waals surface area contributed by atoms with E-state index >= 15 is 0 Å². The summed E-state index contributed by atoms with van der Waals surface area (Å²) < 4.78 is 1.60. The lowest BCUT2D eigenvalue weighted by atomic mass is 9.95. The molecule has 1 fully saturated rings. The molecule has 0 aromatic carbocycles. The van der Waals surface area contributed by atoms with Gasteiger partial charge in [0, 0.05) is 38.4 Å².